The SMILES string of the molecule is C=[O+][C-](/C=C(\OC)C(F)(F)C(F)(F)C(F)(F)F)C(C)(C)C. The molecule has 0 rings (SSSR count). The number of methoxy groups -OCH3 is 1. The fraction of sp³-hybridized carbons (Fsp3) is 0.667. The van der Waals surface area contributed by atoms with Crippen molar-refractivity contribution in [3.63, 3.8) is 0 Å². The average molecular weight is 324 g/mol. The van der Waals surface area contributed by atoms with E-state index in [1.807, 2.05) is 0 Å². The third kappa shape index (κ3) is 3.82. The second-order valence-electron chi connectivity index (χ2n) is 5.12. The van der Waals surface area contributed by atoms with Crippen LogP contribution in [0.15, 0.2) is 11.8 Å². The predicted molar refractivity (Wildman–Crippen MR) is 60.9 cm³/mol. The molecular weight excluding hydrogens is 309 g/mol. The van der Waals surface area contributed by atoms with Crippen LogP contribution >= 0.6 is 0 Å². The molecule has 0 saturated heterocycles. The Morgan fingerprint density at radius 1 is 1.05 bits per heavy atom. The number of carbonyl (C=O) groups excluding carboxylic acids is 1. The van der Waals surface area contributed by atoms with Gasteiger partial charge in [-0.25, -0.2) is 8.78 Å². The van der Waals surface area contributed by atoms with Crippen molar-refractivity contribution in [1.82, 2.24) is 0 Å². The lowest BCUT2D eigenvalue weighted by Gasteiger charge is -2.32. The molecule has 21 heavy (non-hydrogen) atoms. The van der Waals surface area contributed by atoms with E-state index in [1.165, 1.54) is 20.8 Å². The van der Waals surface area contributed by atoms with Gasteiger partial charge in [0.25, 0.3) is 0 Å². The van der Waals surface area contributed by atoms with Gasteiger partial charge < -0.3 is 9.16 Å². The van der Waals surface area contributed by atoms with E-state index in [1.54, 1.807) is 0 Å². The van der Waals surface area contributed by atoms with Crippen molar-refractivity contribution in [1.29, 1.82) is 0 Å². The summed E-state index contributed by atoms with van der Waals surface area (Å²) in [5.74, 6) is -13.8. The number of allylic oxidation sites excluding steroid dienone is 1. The maximum Gasteiger partial charge on any atom is 0.459 e. The summed E-state index contributed by atoms with van der Waals surface area (Å²) in [7, 11) is 0.551. The van der Waals surface area contributed by atoms with Gasteiger partial charge in [0.15, 0.2) is 6.79 Å². The highest BCUT2D eigenvalue weighted by molar-refractivity contribution is 5.23. The first-order valence-electron chi connectivity index (χ1n) is 5.51. The Kier molecular flexibility index (Phi) is 5.38. The number of rotatable bonds is 5. The molecule has 0 bridgehead atoms. The summed E-state index contributed by atoms with van der Waals surface area (Å²) in [5.41, 5.74) is -0.963. The zero-order valence-electron chi connectivity index (χ0n) is 11.7. The Labute approximate surface area is 117 Å². The molecule has 0 aliphatic carbocycles. The third-order valence-electron chi connectivity index (χ3n) is 2.44. The van der Waals surface area contributed by atoms with Gasteiger partial charge in [-0.1, -0.05) is 20.8 Å². The lowest BCUT2D eigenvalue weighted by molar-refractivity contribution is -0.439. The maximum absolute atomic E-state index is 13.5. The monoisotopic (exact) mass is 324 g/mol. The van der Waals surface area contributed by atoms with E-state index in [0.717, 1.165) is 0 Å². The fourth-order valence-electron chi connectivity index (χ4n) is 1.20. The van der Waals surface area contributed by atoms with Crippen LogP contribution in [0.3, 0.4) is 0 Å². The van der Waals surface area contributed by atoms with Crippen LogP contribution in [0.25, 0.3) is 0 Å². The number of alkyl halides is 7. The van der Waals surface area contributed by atoms with E-state index in [4.69, 9.17) is 0 Å². The molecule has 9 heteroatoms. The molecule has 0 saturated carbocycles. The molecule has 0 unspecified atom stereocenters. The van der Waals surface area contributed by atoms with Crippen LogP contribution in [-0.2, 0) is 9.16 Å². The first-order valence-corrected chi connectivity index (χ1v) is 5.51. The molecule has 0 atom stereocenters. The summed E-state index contributed by atoms with van der Waals surface area (Å²) >= 11 is 0. The van der Waals surface area contributed by atoms with Crippen LogP contribution in [0, 0.1) is 11.5 Å². The minimum Gasteiger partial charge on any atom is -0.551 e. The van der Waals surface area contributed by atoms with Gasteiger partial charge in [0.05, 0.1) is 12.9 Å². The van der Waals surface area contributed by atoms with Gasteiger partial charge in [0, 0.05) is 5.41 Å². The van der Waals surface area contributed by atoms with E-state index in [9.17, 15) is 30.7 Å². The van der Waals surface area contributed by atoms with Crippen molar-refractivity contribution in [2.24, 2.45) is 5.41 Å². The lowest BCUT2D eigenvalue weighted by atomic mass is 9.88. The van der Waals surface area contributed by atoms with Crippen molar-refractivity contribution < 1.29 is 39.9 Å². The summed E-state index contributed by atoms with van der Waals surface area (Å²) in [4.78, 5) is 0. The molecule has 0 aliphatic rings. The highest BCUT2D eigenvalue weighted by Gasteiger charge is 2.73. The van der Waals surface area contributed by atoms with Crippen LogP contribution in [0.4, 0.5) is 30.7 Å². The van der Waals surface area contributed by atoms with Gasteiger partial charge in [-0.3, -0.25) is 0 Å². The van der Waals surface area contributed by atoms with E-state index in [0.29, 0.717) is 7.11 Å². The average Bonchev–Trinajstić information content (AvgIpc) is 2.26. The van der Waals surface area contributed by atoms with Crippen LogP contribution in [0.5, 0.6) is 0 Å². The molecule has 0 radical (unpaired) electrons. The minimum atomic E-state index is -6.44. The Bertz CT molecular complexity index is 405. The molecule has 0 aromatic heterocycles. The Morgan fingerprint density at radius 2 is 1.48 bits per heavy atom. The standard InChI is InChI=1S/C12H15F7O2/c1-9(2,3)7(20-4)6-8(21-5)10(13,14)11(15,16)12(17,18)19/h6H,4H2,1-3,5H3/b8-6-. The van der Waals surface area contributed by atoms with Gasteiger partial charge in [0.1, 0.15) is 0 Å². The number of hydrogen-bond acceptors (Lipinski definition) is 1. The van der Waals surface area contributed by atoms with Crippen molar-refractivity contribution in [2.45, 2.75) is 38.8 Å². The number of hydrogen-bond donors (Lipinski definition) is 0. The van der Waals surface area contributed by atoms with E-state index in [2.05, 4.69) is 16.0 Å². The Balaban J connectivity index is 5.90. The van der Waals surface area contributed by atoms with Gasteiger partial charge in [-0.15, -0.1) is 0 Å². The van der Waals surface area contributed by atoms with Crippen LogP contribution in [0.2, 0.25) is 0 Å². The first kappa shape index (κ1) is 19.6. The van der Waals surface area contributed by atoms with Gasteiger partial charge >= 0.3 is 18.0 Å². The molecule has 0 spiro atoms. The van der Waals surface area contributed by atoms with E-state index in [-0.39, 0.29) is 12.2 Å². The molecule has 2 nitrogen and oxygen atoms in total. The minimum absolute atomic E-state index is 0.284. The fourth-order valence-corrected chi connectivity index (χ4v) is 1.20. The maximum atomic E-state index is 13.5. The largest absolute Gasteiger partial charge is 0.551 e. The number of halogens is 7. The molecule has 0 amide bonds. The zero-order chi connectivity index (χ0) is 17.3. The van der Waals surface area contributed by atoms with Crippen molar-refractivity contribution in [3.8, 4) is 0 Å². The van der Waals surface area contributed by atoms with Crippen LogP contribution in [-0.4, -0.2) is 31.9 Å². The molecular formula is C12H15F7O2. The summed E-state index contributed by atoms with van der Waals surface area (Å²) in [6.07, 6.45) is -6.51. The summed E-state index contributed by atoms with van der Waals surface area (Å²) in [6.45, 7) is 7.31. The second kappa shape index (κ2) is 5.76. The Hall–Kier alpha value is -1.41. The van der Waals surface area contributed by atoms with Crippen LogP contribution < -0.4 is 0 Å². The van der Waals surface area contributed by atoms with Gasteiger partial charge in [0.2, 0.25) is 6.10 Å². The predicted octanol–water partition coefficient (Wildman–Crippen LogP) is 4.29. The lowest BCUT2D eigenvalue weighted by Crippen LogP contribution is -2.53. The van der Waals surface area contributed by atoms with Crippen molar-refractivity contribution in [3.05, 3.63) is 17.9 Å². The normalized spacial score (nSPS) is 14.9. The molecule has 0 aromatic carbocycles. The zero-order valence-corrected chi connectivity index (χ0v) is 11.7. The van der Waals surface area contributed by atoms with Crippen molar-refractivity contribution in [2.75, 3.05) is 7.11 Å². The summed E-state index contributed by atoms with van der Waals surface area (Å²) in [5, 5.41) is 0. The summed E-state index contributed by atoms with van der Waals surface area (Å²) in [6, 6.07) is 0. The smallest absolute Gasteiger partial charge is 0.459 e. The number of ether oxygens (including phenoxy) is 1. The highest BCUT2D eigenvalue weighted by Crippen LogP contribution is 2.50. The molecule has 124 valence electrons. The van der Waals surface area contributed by atoms with Gasteiger partial charge in [-0.2, -0.15) is 22.0 Å². The van der Waals surface area contributed by atoms with Gasteiger partial charge in [-0.05, 0) is 6.08 Å². The van der Waals surface area contributed by atoms with E-state index >= 15 is 0 Å². The Morgan fingerprint density at radius 3 is 1.71 bits per heavy atom. The molecule has 0 aromatic rings. The first-order chi connectivity index (χ1) is 9.12. The highest BCUT2D eigenvalue weighted by atomic mass is 19.4. The topological polar surface area (TPSA) is 20.5 Å². The molecule has 0 aliphatic heterocycles. The van der Waals surface area contributed by atoms with E-state index < -0.39 is 29.2 Å². The quantitative estimate of drug-likeness (QED) is 0.320. The molecule has 0 fully saturated rings. The van der Waals surface area contributed by atoms with Crippen LogP contribution in [0.1, 0.15) is 20.8 Å². The molecule has 0 N–H and O–H groups in total. The molecule has 0 heterocycles. The second-order valence-corrected chi connectivity index (χ2v) is 5.12. The summed E-state index contributed by atoms with van der Waals surface area (Å²) < 4.78 is 97.7. The third-order valence-corrected chi connectivity index (χ3v) is 2.44. The van der Waals surface area contributed by atoms with Crippen molar-refractivity contribution >= 4 is 6.79 Å².